The first-order valence-electron chi connectivity index (χ1n) is 9.99. The Morgan fingerprint density at radius 3 is 2.93 bits per heavy atom. The molecule has 27 heavy (non-hydrogen) atoms. The van der Waals surface area contributed by atoms with E-state index < -0.39 is 5.91 Å². The van der Waals surface area contributed by atoms with Gasteiger partial charge in [-0.3, -0.25) is 4.79 Å². The molecule has 0 radical (unpaired) electrons. The van der Waals surface area contributed by atoms with Crippen LogP contribution in [0.25, 0.3) is 0 Å². The van der Waals surface area contributed by atoms with Crippen molar-refractivity contribution in [2.75, 3.05) is 26.2 Å². The molecule has 6 heteroatoms. The molecule has 6 nitrogen and oxygen atoms in total. The number of hydrogen-bond donors (Lipinski definition) is 2. The third kappa shape index (κ3) is 6.77. The largest absolute Gasteiger partial charge is 0.484 e. The minimum absolute atomic E-state index is 0.112. The molecule has 150 valence electrons. The molecule has 1 aliphatic rings. The predicted octanol–water partition coefficient (Wildman–Crippen LogP) is 2.92. The molecule has 1 amide bonds. The topological polar surface area (TPSA) is 79.9 Å². The number of benzene rings is 1. The highest BCUT2D eigenvalue weighted by Gasteiger charge is 2.31. The molecule has 0 saturated carbocycles. The highest BCUT2D eigenvalue weighted by atomic mass is 16.5. The zero-order chi connectivity index (χ0) is 19.7. The van der Waals surface area contributed by atoms with Crippen LogP contribution in [0.5, 0.6) is 5.75 Å². The Morgan fingerprint density at radius 1 is 1.41 bits per heavy atom. The molecule has 1 fully saturated rings. The maximum absolute atomic E-state index is 10.9. The van der Waals surface area contributed by atoms with Crippen LogP contribution in [0.15, 0.2) is 29.3 Å². The quantitative estimate of drug-likeness (QED) is 0.542. The van der Waals surface area contributed by atoms with Gasteiger partial charge in [0.1, 0.15) is 5.75 Å². The van der Waals surface area contributed by atoms with Gasteiger partial charge in [-0.1, -0.05) is 32.4 Å². The van der Waals surface area contributed by atoms with Crippen molar-refractivity contribution in [1.82, 2.24) is 10.2 Å². The molecule has 1 saturated heterocycles. The summed E-state index contributed by atoms with van der Waals surface area (Å²) in [5.74, 6) is 1.14. The molecule has 3 N–H and O–H groups in total. The van der Waals surface area contributed by atoms with Gasteiger partial charge in [0.05, 0.1) is 6.54 Å². The van der Waals surface area contributed by atoms with Gasteiger partial charge in [-0.05, 0) is 49.3 Å². The van der Waals surface area contributed by atoms with Crippen LogP contribution in [0.3, 0.4) is 0 Å². The fourth-order valence-electron chi connectivity index (χ4n) is 3.78. The van der Waals surface area contributed by atoms with Crippen molar-refractivity contribution >= 4 is 11.9 Å². The fourth-order valence-corrected chi connectivity index (χ4v) is 3.78. The number of likely N-dealkylation sites (tertiary alicyclic amines) is 1. The minimum atomic E-state index is -0.479. The van der Waals surface area contributed by atoms with Crippen molar-refractivity contribution in [2.45, 2.75) is 53.0 Å². The summed E-state index contributed by atoms with van der Waals surface area (Å²) in [6.45, 7) is 10.2. The van der Waals surface area contributed by atoms with Gasteiger partial charge in [-0.2, -0.15) is 0 Å². The second-order valence-corrected chi connectivity index (χ2v) is 7.66. The predicted molar refractivity (Wildman–Crippen MR) is 110 cm³/mol. The smallest absolute Gasteiger partial charge is 0.255 e. The number of rotatable bonds is 8. The van der Waals surface area contributed by atoms with E-state index in [0.717, 1.165) is 31.2 Å². The number of amides is 1. The summed E-state index contributed by atoms with van der Waals surface area (Å²) >= 11 is 0. The van der Waals surface area contributed by atoms with Crippen LogP contribution in [-0.4, -0.2) is 43.0 Å². The van der Waals surface area contributed by atoms with Crippen LogP contribution in [0.1, 0.15) is 52.0 Å². The molecule has 0 bridgehead atoms. The number of nitrogens with one attached hydrogen (secondary N) is 1. The normalized spacial score (nSPS) is 20.4. The van der Waals surface area contributed by atoms with E-state index in [1.807, 2.05) is 24.3 Å². The number of carbonyl (C=O) groups excluding carboxylic acids is 1. The molecule has 1 unspecified atom stereocenters. The molecule has 0 aromatic heterocycles. The second-order valence-electron chi connectivity index (χ2n) is 7.66. The van der Waals surface area contributed by atoms with Gasteiger partial charge in [0.25, 0.3) is 5.91 Å². The van der Waals surface area contributed by atoms with Crippen LogP contribution >= 0.6 is 0 Å². The van der Waals surface area contributed by atoms with E-state index in [1.165, 1.54) is 25.7 Å². The summed E-state index contributed by atoms with van der Waals surface area (Å²) < 4.78 is 5.38. The zero-order valence-corrected chi connectivity index (χ0v) is 17.0. The molecule has 0 aliphatic carbocycles. The lowest BCUT2D eigenvalue weighted by Crippen LogP contribution is -2.49. The molecule has 1 aromatic rings. The molecule has 1 atom stereocenters. The van der Waals surface area contributed by atoms with Gasteiger partial charge in [0.2, 0.25) is 0 Å². The first-order valence-corrected chi connectivity index (χ1v) is 9.99. The number of aliphatic imine (C=N–C) groups is 1. The number of carbonyl (C=O) groups is 1. The van der Waals surface area contributed by atoms with Crippen LogP contribution in [0.2, 0.25) is 0 Å². The molecule has 0 spiro atoms. The Bertz CT molecular complexity index is 643. The van der Waals surface area contributed by atoms with Crippen molar-refractivity contribution < 1.29 is 9.53 Å². The molecule has 1 aliphatic heterocycles. The molecule has 1 aromatic carbocycles. The average Bonchev–Trinajstić information content (AvgIpc) is 2.64. The van der Waals surface area contributed by atoms with Gasteiger partial charge in [0.15, 0.2) is 12.6 Å². The number of nitrogens with two attached hydrogens (primary N) is 1. The lowest BCUT2D eigenvalue weighted by Gasteiger charge is -2.42. The van der Waals surface area contributed by atoms with E-state index in [4.69, 9.17) is 15.5 Å². The Morgan fingerprint density at radius 2 is 2.22 bits per heavy atom. The van der Waals surface area contributed by atoms with Crippen molar-refractivity contribution in [1.29, 1.82) is 0 Å². The molecule has 2 rings (SSSR count). The number of nitrogens with zero attached hydrogens (tertiary/aromatic N) is 2. The summed E-state index contributed by atoms with van der Waals surface area (Å²) in [5.41, 5.74) is 6.55. The number of ether oxygens (including phenoxy) is 1. The number of hydrogen-bond acceptors (Lipinski definition) is 3. The molecule has 1 heterocycles. The van der Waals surface area contributed by atoms with Gasteiger partial charge in [-0.15, -0.1) is 0 Å². The fraction of sp³-hybridized carbons (Fsp3) is 0.619. The standard InChI is InChI=1S/C21H34N4O2/c1-4-10-21(3)11-7-12-25(16-21)20(23-5-2)24-14-17-8-6-9-18(13-17)27-15-19(22)26/h6,8-9,13H,4-5,7,10-12,14-16H2,1-3H3,(H2,22,26)(H,23,24). The first-order chi connectivity index (χ1) is 13.0. The second kappa shape index (κ2) is 10.2. The SMILES string of the molecule is CCCC1(C)CCCN(C(=NCc2cccc(OCC(N)=O)c2)NCC)C1. The minimum Gasteiger partial charge on any atom is -0.484 e. The van der Waals surface area contributed by atoms with Gasteiger partial charge >= 0.3 is 0 Å². The van der Waals surface area contributed by atoms with E-state index in [-0.39, 0.29) is 6.61 Å². The Balaban J connectivity index is 2.06. The van der Waals surface area contributed by atoms with E-state index in [9.17, 15) is 4.79 Å². The number of primary amides is 1. The van der Waals surface area contributed by atoms with Gasteiger partial charge in [-0.25, -0.2) is 4.99 Å². The summed E-state index contributed by atoms with van der Waals surface area (Å²) in [5, 5.41) is 3.44. The first kappa shape index (κ1) is 21.1. The van der Waals surface area contributed by atoms with Gasteiger partial charge < -0.3 is 20.7 Å². The summed E-state index contributed by atoms with van der Waals surface area (Å²) in [6, 6.07) is 7.66. The monoisotopic (exact) mass is 374 g/mol. The van der Waals surface area contributed by atoms with Crippen LogP contribution in [0, 0.1) is 5.41 Å². The molecular weight excluding hydrogens is 340 g/mol. The Kier molecular flexibility index (Phi) is 7.95. The van der Waals surface area contributed by atoms with Crippen LogP contribution < -0.4 is 15.8 Å². The summed E-state index contributed by atoms with van der Waals surface area (Å²) in [6.07, 6.45) is 4.96. The van der Waals surface area contributed by atoms with Crippen molar-refractivity contribution in [3.05, 3.63) is 29.8 Å². The average molecular weight is 375 g/mol. The van der Waals surface area contributed by atoms with Crippen molar-refractivity contribution in [3.8, 4) is 5.75 Å². The lowest BCUT2D eigenvalue weighted by atomic mass is 9.78. The van der Waals surface area contributed by atoms with E-state index >= 15 is 0 Å². The van der Waals surface area contributed by atoms with E-state index in [2.05, 4.69) is 31.0 Å². The lowest BCUT2D eigenvalue weighted by molar-refractivity contribution is -0.119. The highest BCUT2D eigenvalue weighted by molar-refractivity contribution is 5.80. The van der Waals surface area contributed by atoms with Gasteiger partial charge in [0, 0.05) is 19.6 Å². The molecular formula is C21H34N4O2. The van der Waals surface area contributed by atoms with Crippen molar-refractivity contribution in [2.24, 2.45) is 16.1 Å². The maximum atomic E-state index is 10.9. The van der Waals surface area contributed by atoms with E-state index in [1.54, 1.807) is 0 Å². The highest BCUT2D eigenvalue weighted by Crippen LogP contribution is 2.34. The zero-order valence-electron chi connectivity index (χ0n) is 17.0. The maximum Gasteiger partial charge on any atom is 0.255 e. The number of piperidine rings is 1. The third-order valence-corrected chi connectivity index (χ3v) is 4.96. The van der Waals surface area contributed by atoms with Crippen molar-refractivity contribution in [3.63, 3.8) is 0 Å². The Hall–Kier alpha value is -2.24. The van der Waals surface area contributed by atoms with E-state index in [0.29, 0.717) is 17.7 Å². The third-order valence-electron chi connectivity index (χ3n) is 4.96. The summed E-state index contributed by atoms with van der Waals surface area (Å²) in [4.78, 5) is 18.1. The Labute approximate surface area is 163 Å². The van der Waals surface area contributed by atoms with Crippen LogP contribution in [-0.2, 0) is 11.3 Å². The number of guanidine groups is 1. The summed E-state index contributed by atoms with van der Waals surface area (Å²) in [7, 11) is 0. The van der Waals surface area contributed by atoms with Crippen LogP contribution in [0.4, 0.5) is 0 Å².